The van der Waals surface area contributed by atoms with Gasteiger partial charge in [0.25, 0.3) is 5.24 Å². The zero-order valence-corrected chi connectivity index (χ0v) is 10.0. The summed E-state index contributed by atoms with van der Waals surface area (Å²) in [6.45, 7) is 1.93. The zero-order chi connectivity index (χ0) is 12.1. The second-order valence-corrected chi connectivity index (χ2v) is 3.71. The molecule has 0 bridgehead atoms. The van der Waals surface area contributed by atoms with E-state index >= 15 is 0 Å². The number of ether oxygens (including phenoxy) is 1. The smallest absolute Gasteiger partial charge is 0.256 e. The van der Waals surface area contributed by atoms with Crippen LogP contribution in [-0.2, 0) is 0 Å². The molecule has 0 radical (unpaired) electrons. The molecule has 1 rings (SSSR count). The van der Waals surface area contributed by atoms with Crippen molar-refractivity contribution in [3.63, 3.8) is 0 Å². The average molecular weight is 241 g/mol. The Hall–Kier alpha value is -1.35. The summed E-state index contributed by atoms with van der Waals surface area (Å²) in [6, 6.07) is 4.70. The molecule has 86 valence electrons. The lowest BCUT2D eigenvalue weighted by Gasteiger charge is -2.06. The van der Waals surface area contributed by atoms with Gasteiger partial charge >= 0.3 is 0 Å². The molecule has 0 aromatic heterocycles. The first-order valence-electron chi connectivity index (χ1n) is 5.01. The Morgan fingerprint density at radius 3 is 2.56 bits per heavy atom. The monoisotopic (exact) mass is 240 g/mol. The highest BCUT2D eigenvalue weighted by atomic mass is 35.5. The number of hydrogen-bond acceptors (Lipinski definition) is 3. The number of ketones is 1. The molecule has 0 amide bonds. The van der Waals surface area contributed by atoms with E-state index in [1.807, 2.05) is 6.92 Å². The van der Waals surface area contributed by atoms with E-state index in [4.69, 9.17) is 16.3 Å². The maximum absolute atomic E-state index is 11.6. The van der Waals surface area contributed by atoms with Crippen molar-refractivity contribution in [2.24, 2.45) is 0 Å². The van der Waals surface area contributed by atoms with Gasteiger partial charge in [-0.15, -0.1) is 0 Å². The van der Waals surface area contributed by atoms with Crippen LogP contribution in [0.15, 0.2) is 18.2 Å². The minimum atomic E-state index is -0.622. The largest absolute Gasteiger partial charge is 0.496 e. The second-order valence-electron chi connectivity index (χ2n) is 3.36. The third kappa shape index (κ3) is 2.83. The van der Waals surface area contributed by atoms with Gasteiger partial charge in [-0.25, -0.2) is 0 Å². The van der Waals surface area contributed by atoms with Gasteiger partial charge in [0.15, 0.2) is 5.78 Å². The molecule has 0 aliphatic carbocycles. The number of methoxy groups -OCH3 is 1. The van der Waals surface area contributed by atoms with Crippen LogP contribution >= 0.6 is 11.6 Å². The molecule has 0 atom stereocenters. The SMILES string of the molecule is CCCC(=O)c1ccc(OC)c(C(=O)Cl)c1. The third-order valence-electron chi connectivity index (χ3n) is 2.21. The predicted octanol–water partition coefficient (Wildman–Crippen LogP) is 3.06. The Morgan fingerprint density at radius 2 is 2.06 bits per heavy atom. The Morgan fingerprint density at radius 1 is 1.38 bits per heavy atom. The maximum atomic E-state index is 11.6. The summed E-state index contributed by atoms with van der Waals surface area (Å²) >= 11 is 5.41. The molecule has 0 aliphatic rings. The fourth-order valence-corrected chi connectivity index (χ4v) is 1.55. The molecule has 0 fully saturated rings. The fraction of sp³-hybridized carbons (Fsp3) is 0.333. The third-order valence-corrected chi connectivity index (χ3v) is 2.41. The molecular weight excluding hydrogens is 228 g/mol. The summed E-state index contributed by atoms with van der Waals surface area (Å²) in [5, 5.41) is -0.622. The van der Waals surface area contributed by atoms with Crippen LogP contribution in [0.25, 0.3) is 0 Å². The topological polar surface area (TPSA) is 43.4 Å². The van der Waals surface area contributed by atoms with Gasteiger partial charge in [-0.05, 0) is 36.2 Å². The van der Waals surface area contributed by atoms with E-state index < -0.39 is 5.24 Å². The molecule has 0 saturated carbocycles. The van der Waals surface area contributed by atoms with Crippen molar-refractivity contribution < 1.29 is 14.3 Å². The van der Waals surface area contributed by atoms with Crippen LogP contribution in [0.2, 0.25) is 0 Å². The Bertz CT molecular complexity index is 413. The van der Waals surface area contributed by atoms with E-state index in [-0.39, 0.29) is 11.3 Å². The highest BCUT2D eigenvalue weighted by molar-refractivity contribution is 6.68. The molecule has 0 spiro atoms. The molecule has 0 unspecified atom stereocenters. The highest BCUT2D eigenvalue weighted by Gasteiger charge is 2.13. The number of Topliss-reactive ketones (excluding diaryl/α,β-unsaturated/α-hetero) is 1. The Kier molecular flexibility index (Phi) is 4.50. The van der Waals surface area contributed by atoms with Gasteiger partial charge in [-0.1, -0.05) is 6.92 Å². The first-order chi connectivity index (χ1) is 7.60. The van der Waals surface area contributed by atoms with Gasteiger partial charge in [-0.3, -0.25) is 9.59 Å². The second kappa shape index (κ2) is 5.66. The molecule has 1 aromatic rings. The lowest BCUT2D eigenvalue weighted by molar-refractivity contribution is 0.0981. The molecule has 0 aliphatic heterocycles. The van der Waals surface area contributed by atoms with Crippen LogP contribution in [-0.4, -0.2) is 18.1 Å². The van der Waals surface area contributed by atoms with Crippen molar-refractivity contribution in [3.8, 4) is 5.75 Å². The molecule has 0 heterocycles. The number of benzene rings is 1. The maximum Gasteiger partial charge on any atom is 0.256 e. The van der Waals surface area contributed by atoms with Crippen molar-refractivity contribution in [2.75, 3.05) is 7.11 Å². The van der Waals surface area contributed by atoms with Crippen LogP contribution in [0, 0.1) is 0 Å². The van der Waals surface area contributed by atoms with Gasteiger partial charge < -0.3 is 4.74 Å². The van der Waals surface area contributed by atoms with Crippen LogP contribution in [0.3, 0.4) is 0 Å². The molecule has 3 nitrogen and oxygen atoms in total. The van der Waals surface area contributed by atoms with E-state index in [1.165, 1.54) is 13.2 Å². The number of carbonyl (C=O) groups excluding carboxylic acids is 2. The lowest BCUT2D eigenvalue weighted by Crippen LogP contribution is -2.02. The van der Waals surface area contributed by atoms with Crippen molar-refractivity contribution in [2.45, 2.75) is 19.8 Å². The van der Waals surface area contributed by atoms with Crippen LogP contribution in [0.4, 0.5) is 0 Å². The van der Waals surface area contributed by atoms with E-state index in [0.717, 1.165) is 6.42 Å². The standard InChI is InChI=1S/C12H13ClO3/c1-3-4-10(14)8-5-6-11(16-2)9(7-8)12(13)15/h5-7H,3-4H2,1-2H3. The van der Waals surface area contributed by atoms with Gasteiger partial charge in [-0.2, -0.15) is 0 Å². The summed E-state index contributed by atoms with van der Waals surface area (Å²) in [5.41, 5.74) is 0.720. The van der Waals surface area contributed by atoms with E-state index in [0.29, 0.717) is 17.7 Å². The first kappa shape index (κ1) is 12.7. The predicted molar refractivity (Wildman–Crippen MR) is 62.4 cm³/mol. The van der Waals surface area contributed by atoms with Crippen molar-refractivity contribution in [3.05, 3.63) is 29.3 Å². The Balaban J connectivity index is 3.11. The fourth-order valence-electron chi connectivity index (χ4n) is 1.41. The van der Waals surface area contributed by atoms with Gasteiger partial charge in [0.2, 0.25) is 0 Å². The number of hydrogen-bond donors (Lipinski definition) is 0. The molecule has 1 aromatic carbocycles. The van der Waals surface area contributed by atoms with Gasteiger partial charge in [0, 0.05) is 12.0 Å². The lowest BCUT2D eigenvalue weighted by atomic mass is 10.0. The van der Waals surface area contributed by atoms with Gasteiger partial charge in [0.1, 0.15) is 5.75 Å². The Labute approximate surface area is 99.4 Å². The quantitative estimate of drug-likeness (QED) is 0.587. The molecule has 0 saturated heterocycles. The van der Waals surface area contributed by atoms with E-state index in [9.17, 15) is 9.59 Å². The van der Waals surface area contributed by atoms with E-state index in [1.54, 1.807) is 12.1 Å². The number of halogens is 1. The summed E-state index contributed by atoms with van der Waals surface area (Å²) in [7, 11) is 1.45. The summed E-state index contributed by atoms with van der Waals surface area (Å²) in [5.74, 6) is 0.386. The summed E-state index contributed by atoms with van der Waals surface area (Å²) in [4.78, 5) is 22.8. The van der Waals surface area contributed by atoms with Crippen LogP contribution in [0.5, 0.6) is 5.75 Å². The average Bonchev–Trinajstić information content (AvgIpc) is 2.28. The van der Waals surface area contributed by atoms with Crippen molar-refractivity contribution in [1.82, 2.24) is 0 Å². The molecule has 0 N–H and O–H groups in total. The minimum Gasteiger partial charge on any atom is -0.496 e. The summed E-state index contributed by atoms with van der Waals surface area (Å²) in [6.07, 6.45) is 1.23. The van der Waals surface area contributed by atoms with Crippen molar-refractivity contribution in [1.29, 1.82) is 0 Å². The van der Waals surface area contributed by atoms with Crippen LogP contribution in [0.1, 0.15) is 40.5 Å². The number of carbonyl (C=O) groups is 2. The number of rotatable bonds is 5. The van der Waals surface area contributed by atoms with E-state index in [2.05, 4.69) is 0 Å². The highest BCUT2D eigenvalue weighted by Crippen LogP contribution is 2.22. The minimum absolute atomic E-state index is 0.00400. The molecular formula is C12H13ClO3. The normalized spacial score (nSPS) is 9.94. The zero-order valence-electron chi connectivity index (χ0n) is 9.25. The van der Waals surface area contributed by atoms with Crippen molar-refractivity contribution >= 4 is 22.6 Å². The molecule has 16 heavy (non-hydrogen) atoms. The molecule has 4 heteroatoms. The summed E-state index contributed by atoms with van der Waals surface area (Å²) < 4.78 is 4.98. The van der Waals surface area contributed by atoms with Gasteiger partial charge in [0.05, 0.1) is 12.7 Å². The first-order valence-corrected chi connectivity index (χ1v) is 5.39. The van der Waals surface area contributed by atoms with Crippen LogP contribution < -0.4 is 4.74 Å².